The molecule has 0 aromatic heterocycles. The summed E-state index contributed by atoms with van der Waals surface area (Å²) in [6, 6.07) is 16.9. The molecule has 0 aliphatic rings. The van der Waals surface area contributed by atoms with Crippen molar-refractivity contribution in [3.05, 3.63) is 71.3 Å². The van der Waals surface area contributed by atoms with Crippen molar-refractivity contribution in [3.63, 3.8) is 0 Å². The van der Waals surface area contributed by atoms with E-state index in [-0.39, 0.29) is 12.2 Å². The van der Waals surface area contributed by atoms with Crippen LogP contribution in [-0.4, -0.2) is 18.5 Å². The first-order chi connectivity index (χ1) is 11.6. The highest BCUT2D eigenvalue weighted by atomic mass is 16.5. The molecule has 0 unspecified atom stereocenters. The third kappa shape index (κ3) is 4.55. The van der Waals surface area contributed by atoms with Gasteiger partial charge in [-0.2, -0.15) is 5.26 Å². The number of rotatable bonds is 5. The molecule has 5 nitrogen and oxygen atoms in total. The average Bonchev–Trinajstić information content (AvgIpc) is 2.62. The summed E-state index contributed by atoms with van der Waals surface area (Å²) in [6.07, 6.45) is 1.42. The van der Waals surface area contributed by atoms with E-state index in [0.29, 0.717) is 16.9 Å². The number of hydrogen-bond acceptors (Lipinski definition) is 5. The van der Waals surface area contributed by atoms with Gasteiger partial charge in [-0.1, -0.05) is 30.3 Å². The zero-order valence-electron chi connectivity index (χ0n) is 13.1. The van der Waals surface area contributed by atoms with E-state index in [1.807, 2.05) is 6.07 Å². The van der Waals surface area contributed by atoms with Crippen LogP contribution in [0.5, 0.6) is 5.75 Å². The molecule has 0 fully saturated rings. The largest absolute Gasteiger partial charge is 0.462 e. The van der Waals surface area contributed by atoms with E-state index < -0.39 is 11.9 Å². The van der Waals surface area contributed by atoms with Gasteiger partial charge in [0.1, 0.15) is 17.4 Å². The smallest absolute Gasteiger partial charge is 0.348 e. The summed E-state index contributed by atoms with van der Waals surface area (Å²) in [5.41, 5.74) is 0.987. The van der Waals surface area contributed by atoms with Gasteiger partial charge in [0.25, 0.3) is 0 Å². The standard InChI is InChI=1S/C19H15NO4/c1-2-23-18(21)16(13-20)12-14-8-10-17(11-9-14)24-19(22)15-6-4-3-5-7-15/h3-12H,2H2,1H3/b16-12+. The predicted molar refractivity (Wildman–Crippen MR) is 88.1 cm³/mol. The van der Waals surface area contributed by atoms with Crippen molar-refractivity contribution in [2.75, 3.05) is 6.61 Å². The first kappa shape index (κ1) is 17.0. The Kier molecular flexibility index (Phi) is 5.87. The van der Waals surface area contributed by atoms with Gasteiger partial charge >= 0.3 is 11.9 Å². The molecule has 0 aliphatic carbocycles. The lowest BCUT2D eigenvalue weighted by Gasteiger charge is -2.05. The molecule has 2 aromatic carbocycles. The zero-order valence-corrected chi connectivity index (χ0v) is 13.1. The van der Waals surface area contributed by atoms with Gasteiger partial charge in [-0.05, 0) is 42.8 Å². The summed E-state index contributed by atoms with van der Waals surface area (Å²) < 4.78 is 10.0. The van der Waals surface area contributed by atoms with Crippen molar-refractivity contribution >= 4 is 18.0 Å². The van der Waals surface area contributed by atoms with E-state index in [0.717, 1.165) is 0 Å². The normalized spacial score (nSPS) is 10.6. The van der Waals surface area contributed by atoms with Gasteiger partial charge in [-0.3, -0.25) is 0 Å². The number of benzene rings is 2. The van der Waals surface area contributed by atoms with E-state index in [9.17, 15) is 9.59 Å². The number of nitrogens with zero attached hydrogens (tertiary/aromatic N) is 1. The van der Waals surface area contributed by atoms with Crippen molar-refractivity contribution in [1.29, 1.82) is 5.26 Å². The van der Waals surface area contributed by atoms with Crippen LogP contribution in [0.15, 0.2) is 60.2 Å². The number of nitriles is 1. The molecule has 0 saturated carbocycles. The highest BCUT2D eigenvalue weighted by Crippen LogP contribution is 2.16. The topological polar surface area (TPSA) is 76.4 Å². The van der Waals surface area contributed by atoms with Gasteiger partial charge in [-0.25, -0.2) is 9.59 Å². The fourth-order valence-electron chi connectivity index (χ4n) is 1.88. The van der Waals surface area contributed by atoms with Crippen molar-refractivity contribution in [1.82, 2.24) is 0 Å². The molecule has 0 atom stereocenters. The Morgan fingerprint density at radius 1 is 1.08 bits per heavy atom. The molecular formula is C19H15NO4. The van der Waals surface area contributed by atoms with Crippen LogP contribution >= 0.6 is 0 Å². The zero-order chi connectivity index (χ0) is 17.4. The molecule has 120 valence electrons. The maximum Gasteiger partial charge on any atom is 0.348 e. The van der Waals surface area contributed by atoms with Crippen molar-refractivity contribution < 1.29 is 19.1 Å². The third-order valence-electron chi connectivity index (χ3n) is 3.03. The molecule has 0 saturated heterocycles. The molecule has 0 amide bonds. The van der Waals surface area contributed by atoms with E-state index >= 15 is 0 Å². The van der Waals surface area contributed by atoms with Crippen LogP contribution in [0.3, 0.4) is 0 Å². The maximum absolute atomic E-state index is 11.9. The van der Waals surface area contributed by atoms with Gasteiger partial charge < -0.3 is 9.47 Å². The second-order valence-corrected chi connectivity index (χ2v) is 4.71. The van der Waals surface area contributed by atoms with Gasteiger partial charge in [0.05, 0.1) is 12.2 Å². The molecule has 24 heavy (non-hydrogen) atoms. The fraction of sp³-hybridized carbons (Fsp3) is 0.105. The molecular weight excluding hydrogens is 306 g/mol. The fourth-order valence-corrected chi connectivity index (χ4v) is 1.88. The molecule has 0 radical (unpaired) electrons. The number of esters is 2. The first-order valence-electron chi connectivity index (χ1n) is 7.30. The Morgan fingerprint density at radius 3 is 2.33 bits per heavy atom. The molecule has 2 aromatic rings. The van der Waals surface area contributed by atoms with Gasteiger partial charge in [0.2, 0.25) is 0 Å². The highest BCUT2D eigenvalue weighted by Gasteiger charge is 2.10. The molecule has 0 heterocycles. The summed E-state index contributed by atoms with van der Waals surface area (Å²) in [7, 11) is 0. The summed E-state index contributed by atoms with van der Waals surface area (Å²) in [6.45, 7) is 1.87. The average molecular weight is 321 g/mol. The van der Waals surface area contributed by atoms with Crippen LogP contribution in [0.4, 0.5) is 0 Å². The highest BCUT2D eigenvalue weighted by molar-refractivity contribution is 5.97. The lowest BCUT2D eigenvalue weighted by atomic mass is 10.1. The lowest BCUT2D eigenvalue weighted by Crippen LogP contribution is -2.08. The van der Waals surface area contributed by atoms with Gasteiger partial charge in [-0.15, -0.1) is 0 Å². The van der Waals surface area contributed by atoms with Crippen molar-refractivity contribution in [2.45, 2.75) is 6.92 Å². The van der Waals surface area contributed by atoms with Crippen LogP contribution in [0.1, 0.15) is 22.8 Å². The van der Waals surface area contributed by atoms with Crippen molar-refractivity contribution in [2.24, 2.45) is 0 Å². The van der Waals surface area contributed by atoms with Crippen LogP contribution in [0.2, 0.25) is 0 Å². The van der Waals surface area contributed by atoms with Gasteiger partial charge in [0.15, 0.2) is 0 Å². The van der Waals surface area contributed by atoms with Crippen LogP contribution in [0.25, 0.3) is 6.08 Å². The molecule has 0 N–H and O–H groups in total. The van der Waals surface area contributed by atoms with E-state index in [2.05, 4.69) is 0 Å². The Bertz CT molecular complexity index is 786. The van der Waals surface area contributed by atoms with Crippen molar-refractivity contribution in [3.8, 4) is 11.8 Å². The van der Waals surface area contributed by atoms with Crippen LogP contribution in [0, 0.1) is 11.3 Å². The SMILES string of the molecule is CCOC(=O)/C(C#N)=C/c1ccc(OC(=O)c2ccccc2)cc1. The Hall–Kier alpha value is -3.39. The third-order valence-corrected chi connectivity index (χ3v) is 3.03. The molecule has 0 aliphatic heterocycles. The monoisotopic (exact) mass is 321 g/mol. The maximum atomic E-state index is 11.9. The number of carbonyl (C=O) groups excluding carboxylic acids is 2. The minimum Gasteiger partial charge on any atom is -0.462 e. The second kappa shape index (κ2) is 8.30. The van der Waals surface area contributed by atoms with Crippen LogP contribution < -0.4 is 4.74 Å². The van der Waals surface area contributed by atoms with Crippen LogP contribution in [-0.2, 0) is 9.53 Å². The minimum atomic E-state index is -0.667. The van der Waals surface area contributed by atoms with E-state index in [4.69, 9.17) is 14.7 Å². The number of carbonyl (C=O) groups is 2. The molecule has 2 rings (SSSR count). The first-order valence-corrected chi connectivity index (χ1v) is 7.30. The molecule has 0 bridgehead atoms. The second-order valence-electron chi connectivity index (χ2n) is 4.71. The minimum absolute atomic E-state index is 0.0918. The predicted octanol–water partition coefficient (Wildman–Crippen LogP) is 3.38. The quantitative estimate of drug-likeness (QED) is 0.365. The number of hydrogen-bond donors (Lipinski definition) is 0. The number of ether oxygens (including phenoxy) is 2. The molecule has 0 spiro atoms. The Balaban J connectivity index is 2.09. The summed E-state index contributed by atoms with van der Waals surface area (Å²) in [5, 5.41) is 9.00. The lowest BCUT2D eigenvalue weighted by molar-refractivity contribution is -0.137. The summed E-state index contributed by atoms with van der Waals surface area (Å²) >= 11 is 0. The molecule has 5 heteroatoms. The van der Waals surface area contributed by atoms with Gasteiger partial charge in [0, 0.05) is 0 Å². The summed E-state index contributed by atoms with van der Waals surface area (Å²) in [5.74, 6) is -0.752. The Labute approximate surface area is 139 Å². The van der Waals surface area contributed by atoms with E-state index in [1.54, 1.807) is 61.5 Å². The summed E-state index contributed by atoms with van der Waals surface area (Å²) in [4.78, 5) is 23.5. The van der Waals surface area contributed by atoms with E-state index in [1.165, 1.54) is 6.08 Å². The Morgan fingerprint density at radius 2 is 1.75 bits per heavy atom.